The summed E-state index contributed by atoms with van der Waals surface area (Å²) in [6.07, 6.45) is 0. The Morgan fingerprint density at radius 1 is 1.47 bits per heavy atom. The van der Waals surface area contributed by atoms with E-state index < -0.39 is 5.97 Å². The number of halogens is 1. The Bertz CT molecular complexity index is 438. The molecule has 1 rings (SSSR count). The number of carbonyl (C=O) groups is 1. The first-order chi connectivity index (χ1) is 7.07. The molecule has 0 aromatic heterocycles. The fraction of sp³-hybridized carbons (Fsp3) is 0.0909. The zero-order valence-corrected chi connectivity index (χ0v) is 8.95. The lowest BCUT2D eigenvalue weighted by Gasteiger charge is -2.06. The number of benzene rings is 1. The number of hydrogen-bond donors (Lipinski definition) is 1. The lowest BCUT2D eigenvalue weighted by molar-refractivity contribution is -0.129. The van der Waals surface area contributed by atoms with Gasteiger partial charge in [0.05, 0.1) is 0 Å². The molecule has 0 aliphatic carbocycles. The van der Waals surface area contributed by atoms with Gasteiger partial charge in [-0.05, 0) is 6.07 Å². The van der Waals surface area contributed by atoms with Crippen molar-refractivity contribution in [1.29, 1.82) is 0 Å². The lowest BCUT2D eigenvalue weighted by Crippen LogP contribution is -2.14. The molecule has 15 heavy (non-hydrogen) atoms. The second-order valence-electron chi connectivity index (χ2n) is 2.84. The second kappa shape index (κ2) is 4.75. The highest BCUT2D eigenvalue weighted by atomic mass is 35.5. The molecular formula is C11H10ClNO2. The molecule has 0 saturated heterocycles. The monoisotopic (exact) mass is 223 g/mol. The quantitative estimate of drug-likeness (QED) is 0.801. The maximum atomic E-state index is 10.8. The van der Waals surface area contributed by atoms with Crippen molar-refractivity contribution in [2.24, 2.45) is 4.99 Å². The number of hydrogen-bond acceptors (Lipinski definition) is 2. The van der Waals surface area contributed by atoms with Crippen molar-refractivity contribution in [1.82, 2.24) is 0 Å². The van der Waals surface area contributed by atoms with Gasteiger partial charge in [0.15, 0.2) is 0 Å². The van der Waals surface area contributed by atoms with Crippen LogP contribution in [0.4, 0.5) is 0 Å². The third-order valence-electron chi connectivity index (χ3n) is 1.91. The van der Waals surface area contributed by atoms with Crippen molar-refractivity contribution < 1.29 is 9.90 Å². The summed E-state index contributed by atoms with van der Waals surface area (Å²) in [5.74, 6) is -1.11. The minimum Gasteiger partial charge on any atom is -0.477 e. The summed E-state index contributed by atoms with van der Waals surface area (Å²) in [5, 5.41) is 9.32. The molecule has 1 aromatic carbocycles. The highest BCUT2D eigenvalue weighted by Gasteiger charge is 2.15. The SMILES string of the molecule is C=C(C(=NC)C(=O)O)c1ccccc1Cl. The number of carboxylic acids is 1. The Hall–Kier alpha value is -1.61. The van der Waals surface area contributed by atoms with Crippen LogP contribution >= 0.6 is 11.6 Å². The Balaban J connectivity index is 3.16. The van der Waals surface area contributed by atoms with E-state index in [1.807, 2.05) is 0 Å². The van der Waals surface area contributed by atoms with Gasteiger partial charge >= 0.3 is 5.97 Å². The van der Waals surface area contributed by atoms with Gasteiger partial charge in [0.2, 0.25) is 0 Å². The summed E-state index contributed by atoms with van der Waals surface area (Å²) >= 11 is 5.92. The Morgan fingerprint density at radius 3 is 2.53 bits per heavy atom. The van der Waals surface area contributed by atoms with Gasteiger partial charge in [-0.15, -0.1) is 0 Å². The molecule has 0 unspecified atom stereocenters. The molecule has 0 amide bonds. The first-order valence-corrected chi connectivity index (χ1v) is 4.60. The average Bonchev–Trinajstić information content (AvgIpc) is 2.18. The van der Waals surface area contributed by atoms with Crippen LogP contribution < -0.4 is 0 Å². The molecule has 0 atom stereocenters. The summed E-state index contributed by atoms with van der Waals surface area (Å²) in [6.45, 7) is 3.68. The lowest BCUT2D eigenvalue weighted by atomic mass is 10.0. The molecule has 0 fully saturated rings. The van der Waals surface area contributed by atoms with Gasteiger partial charge in [0.25, 0.3) is 0 Å². The van der Waals surface area contributed by atoms with Crippen LogP contribution in [0.3, 0.4) is 0 Å². The van der Waals surface area contributed by atoms with Crippen LogP contribution in [0.15, 0.2) is 35.8 Å². The Kier molecular flexibility index (Phi) is 3.63. The smallest absolute Gasteiger partial charge is 0.354 e. The average molecular weight is 224 g/mol. The largest absolute Gasteiger partial charge is 0.477 e. The van der Waals surface area contributed by atoms with E-state index in [4.69, 9.17) is 16.7 Å². The van der Waals surface area contributed by atoms with E-state index in [-0.39, 0.29) is 5.71 Å². The first-order valence-electron chi connectivity index (χ1n) is 4.22. The topological polar surface area (TPSA) is 49.7 Å². The number of rotatable bonds is 3. The highest BCUT2D eigenvalue weighted by molar-refractivity contribution is 6.54. The molecule has 4 heteroatoms. The Morgan fingerprint density at radius 2 is 2.07 bits per heavy atom. The Labute approximate surface area is 92.7 Å². The van der Waals surface area contributed by atoms with E-state index >= 15 is 0 Å². The molecule has 1 aromatic rings. The molecule has 78 valence electrons. The van der Waals surface area contributed by atoms with Gasteiger partial charge in [-0.1, -0.05) is 36.4 Å². The molecule has 0 saturated carbocycles. The maximum Gasteiger partial charge on any atom is 0.354 e. The fourth-order valence-corrected chi connectivity index (χ4v) is 1.44. The van der Waals surface area contributed by atoms with Gasteiger partial charge in [0.1, 0.15) is 5.71 Å². The van der Waals surface area contributed by atoms with Crippen LogP contribution in [0.2, 0.25) is 5.02 Å². The van der Waals surface area contributed by atoms with E-state index in [0.29, 0.717) is 16.2 Å². The molecule has 1 N–H and O–H groups in total. The van der Waals surface area contributed by atoms with E-state index in [1.165, 1.54) is 7.05 Å². The molecule has 0 bridgehead atoms. The van der Waals surface area contributed by atoms with Crippen molar-refractivity contribution in [2.75, 3.05) is 7.05 Å². The summed E-state index contributed by atoms with van der Waals surface area (Å²) < 4.78 is 0. The van der Waals surface area contributed by atoms with Crippen molar-refractivity contribution in [3.63, 3.8) is 0 Å². The standard InChI is InChI=1S/C11H10ClNO2/c1-7(10(13-2)11(14)15)8-5-3-4-6-9(8)12/h3-6H,1H2,2H3,(H,14,15). The van der Waals surface area contributed by atoms with E-state index in [0.717, 1.165) is 0 Å². The van der Waals surface area contributed by atoms with E-state index in [1.54, 1.807) is 24.3 Å². The minimum absolute atomic E-state index is 0.0805. The molecule has 3 nitrogen and oxygen atoms in total. The number of aliphatic carboxylic acids is 1. The highest BCUT2D eigenvalue weighted by Crippen LogP contribution is 2.23. The molecule has 0 radical (unpaired) electrons. The molecule has 0 aliphatic rings. The summed E-state index contributed by atoms with van der Waals surface area (Å²) in [4.78, 5) is 14.5. The van der Waals surface area contributed by atoms with Crippen molar-refractivity contribution in [2.45, 2.75) is 0 Å². The van der Waals surface area contributed by atoms with Gasteiger partial charge in [-0.3, -0.25) is 4.99 Å². The molecule has 0 aliphatic heterocycles. The first kappa shape index (κ1) is 11.5. The predicted molar refractivity (Wildman–Crippen MR) is 61.5 cm³/mol. The summed E-state index contributed by atoms with van der Waals surface area (Å²) in [5.41, 5.74) is 0.820. The van der Waals surface area contributed by atoms with Crippen molar-refractivity contribution in [3.05, 3.63) is 41.4 Å². The molecular weight excluding hydrogens is 214 g/mol. The van der Waals surface area contributed by atoms with Gasteiger partial charge < -0.3 is 5.11 Å². The van der Waals surface area contributed by atoms with Gasteiger partial charge in [-0.25, -0.2) is 4.79 Å². The van der Waals surface area contributed by atoms with Crippen LogP contribution in [-0.2, 0) is 4.79 Å². The van der Waals surface area contributed by atoms with Gasteiger partial charge in [-0.2, -0.15) is 0 Å². The molecule has 0 heterocycles. The van der Waals surface area contributed by atoms with Crippen LogP contribution in [0.25, 0.3) is 5.57 Å². The summed E-state index contributed by atoms with van der Waals surface area (Å²) in [6, 6.07) is 6.92. The van der Waals surface area contributed by atoms with Crippen LogP contribution in [0, 0.1) is 0 Å². The molecule has 0 spiro atoms. The zero-order chi connectivity index (χ0) is 11.4. The number of nitrogens with zero attached hydrogens (tertiary/aromatic N) is 1. The summed E-state index contributed by atoms with van der Waals surface area (Å²) in [7, 11) is 1.41. The van der Waals surface area contributed by atoms with E-state index in [9.17, 15) is 4.79 Å². The third kappa shape index (κ3) is 2.44. The van der Waals surface area contributed by atoms with Gasteiger partial charge in [0, 0.05) is 23.2 Å². The van der Waals surface area contributed by atoms with E-state index in [2.05, 4.69) is 11.6 Å². The fourth-order valence-electron chi connectivity index (χ4n) is 1.19. The van der Waals surface area contributed by atoms with Crippen LogP contribution in [0.1, 0.15) is 5.56 Å². The van der Waals surface area contributed by atoms with Crippen molar-refractivity contribution in [3.8, 4) is 0 Å². The predicted octanol–water partition coefficient (Wildman–Crippen LogP) is 2.51. The maximum absolute atomic E-state index is 10.8. The zero-order valence-electron chi connectivity index (χ0n) is 8.20. The normalized spacial score (nSPS) is 11.2. The third-order valence-corrected chi connectivity index (χ3v) is 2.24. The van der Waals surface area contributed by atoms with Crippen molar-refractivity contribution >= 4 is 28.9 Å². The number of carboxylic acid groups (broad SMARTS) is 1. The van der Waals surface area contributed by atoms with Crippen LogP contribution in [-0.4, -0.2) is 23.8 Å². The van der Waals surface area contributed by atoms with Crippen LogP contribution in [0.5, 0.6) is 0 Å². The second-order valence-corrected chi connectivity index (χ2v) is 3.24. The number of aliphatic imine (C=N–C) groups is 1. The minimum atomic E-state index is -1.11.